The van der Waals surface area contributed by atoms with Crippen LogP contribution >= 0.6 is 0 Å². The number of ether oxygens (including phenoxy) is 1. The van der Waals surface area contributed by atoms with Gasteiger partial charge < -0.3 is 9.64 Å². The second-order valence-corrected chi connectivity index (χ2v) is 7.74. The topological polar surface area (TPSA) is 69.0 Å². The van der Waals surface area contributed by atoms with Gasteiger partial charge in [-0.25, -0.2) is 23.4 Å². The van der Waals surface area contributed by atoms with Crippen LogP contribution in [0.5, 0.6) is 5.75 Å². The summed E-state index contributed by atoms with van der Waals surface area (Å²) in [5.41, 5.74) is -0.209. The van der Waals surface area contributed by atoms with Crippen molar-refractivity contribution in [3.05, 3.63) is 36.4 Å². The van der Waals surface area contributed by atoms with Crippen molar-refractivity contribution in [1.29, 1.82) is 0 Å². The zero-order valence-corrected chi connectivity index (χ0v) is 16.0. The highest BCUT2D eigenvalue weighted by Crippen LogP contribution is 2.52. The summed E-state index contributed by atoms with van der Waals surface area (Å²) in [6.45, 7) is 1.19. The summed E-state index contributed by atoms with van der Waals surface area (Å²) < 4.78 is 70.4. The number of anilines is 1. The average Bonchev–Trinajstić information content (AvgIpc) is 3.04. The van der Waals surface area contributed by atoms with Crippen LogP contribution in [-0.2, 0) is 12.7 Å². The second-order valence-electron chi connectivity index (χ2n) is 7.74. The van der Waals surface area contributed by atoms with Crippen molar-refractivity contribution in [1.82, 2.24) is 24.7 Å². The summed E-state index contributed by atoms with van der Waals surface area (Å²) >= 11 is 0. The second kappa shape index (κ2) is 7.27. The lowest BCUT2D eigenvalue weighted by atomic mass is 10.2. The van der Waals surface area contributed by atoms with Crippen molar-refractivity contribution in [2.75, 3.05) is 24.6 Å². The summed E-state index contributed by atoms with van der Waals surface area (Å²) in [6, 6.07) is 2.31. The third-order valence-electron chi connectivity index (χ3n) is 5.80. The smallest absolute Gasteiger partial charge is 0.433 e. The number of aromatic nitrogens is 5. The molecule has 0 aromatic carbocycles. The Bertz CT molecular complexity index is 1090. The van der Waals surface area contributed by atoms with E-state index in [1.807, 2.05) is 4.90 Å². The number of hydrogen-bond acceptors (Lipinski definition) is 6. The third kappa shape index (κ3) is 3.86. The molecular weight excluding hydrogens is 423 g/mol. The fourth-order valence-electron chi connectivity index (χ4n) is 4.19. The van der Waals surface area contributed by atoms with Crippen LogP contribution in [0.15, 0.2) is 30.7 Å². The lowest BCUT2D eigenvalue weighted by molar-refractivity contribution is -0.141. The number of pyridine rings is 1. The molecule has 31 heavy (non-hydrogen) atoms. The van der Waals surface area contributed by atoms with Gasteiger partial charge in [-0.3, -0.25) is 4.98 Å². The van der Waals surface area contributed by atoms with Crippen LogP contribution in [0, 0.1) is 17.8 Å². The van der Waals surface area contributed by atoms with Gasteiger partial charge >= 0.3 is 6.18 Å². The Labute approximate surface area is 172 Å². The van der Waals surface area contributed by atoms with Crippen LogP contribution in [0.4, 0.5) is 27.8 Å². The van der Waals surface area contributed by atoms with Crippen molar-refractivity contribution in [2.24, 2.45) is 17.8 Å². The Morgan fingerprint density at radius 2 is 1.90 bits per heavy atom. The number of nitrogens with zero attached hydrogens (tertiary/aromatic N) is 6. The molecule has 0 spiro atoms. The molecule has 1 saturated carbocycles. The van der Waals surface area contributed by atoms with Crippen LogP contribution in [0.1, 0.15) is 5.69 Å². The van der Waals surface area contributed by atoms with Crippen molar-refractivity contribution in [3.63, 3.8) is 0 Å². The maximum atomic E-state index is 12.8. The largest absolute Gasteiger partial charge is 0.493 e. The number of alkyl halides is 5. The van der Waals surface area contributed by atoms with Gasteiger partial charge in [-0.1, -0.05) is 0 Å². The molecule has 5 rings (SSSR count). The molecule has 0 radical (unpaired) electrons. The van der Waals surface area contributed by atoms with E-state index < -0.39 is 24.8 Å². The van der Waals surface area contributed by atoms with E-state index in [2.05, 4.69) is 20.1 Å². The molecule has 3 aromatic rings. The minimum atomic E-state index is -4.51. The monoisotopic (exact) mass is 440 g/mol. The number of fused-ring (bicyclic) bond motifs is 2. The molecule has 2 aliphatic rings. The summed E-state index contributed by atoms with van der Waals surface area (Å²) in [7, 11) is 0. The molecule has 0 unspecified atom stereocenters. The Balaban J connectivity index is 1.20. The van der Waals surface area contributed by atoms with E-state index >= 15 is 0 Å². The first-order valence-corrected chi connectivity index (χ1v) is 9.67. The van der Waals surface area contributed by atoms with Gasteiger partial charge in [0.25, 0.3) is 6.43 Å². The lowest BCUT2D eigenvalue weighted by Crippen LogP contribution is -2.26. The number of rotatable bonds is 6. The van der Waals surface area contributed by atoms with Gasteiger partial charge in [-0.15, -0.1) is 0 Å². The number of halogens is 5. The van der Waals surface area contributed by atoms with Crippen molar-refractivity contribution in [2.45, 2.75) is 19.1 Å². The first-order valence-electron chi connectivity index (χ1n) is 9.67. The molecule has 0 N–H and O–H groups in total. The van der Waals surface area contributed by atoms with Gasteiger partial charge in [-0.05, 0) is 17.9 Å². The minimum Gasteiger partial charge on any atom is -0.493 e. The summed E-state index contributed by atoms with van der Waals surface area (Å²) in [5, 5.41) is 3.92. The first kappa shape index (κ1) is 19.9. The van der Waals surface area contributed by atoms with Crippen molar-refractivity contribution in [3.8, 4) is 5.75 Å². The molecule has 0 amide bonds. The van der Waals surface area contributed by atoms with E-state index in [0.717, 1.165) is 16.9 Å². The van der Waals surface area contributed by atoms with Gasteiger partial charge in [0, 0.05) is 31.3 Å². The van der Waals surface area contributed by atoms with E-state index in [1.165, 1.54) is 12.3 Å². The minimum absolute atomic E-state index is 0.146. The zero-order chi connectivity index (χ0) is 21.8. The Kier molecular flexibility index (Phi) is 4.67. The van der Waals surface area contributed by atoms with Crippen LogP contribution in [-0.4, -0.2) is 50.9 Å². The fraction of sp³-hybridized carbons (Fsp3) is 0.474. The van der Waals surface area contributed by atoms with Crippen LogP contribution < -0.4 is 9.64 Å². The van der Waals surface area contributed by atoms with E-state index in [0.29, 0.717) is 48.5 Å². The van der Waals surface area contributed by atoms with Gasteiger partial charge in [0.1, 0.15) is 29.3 Å². The first-order chi connectivity index (χ1) is 14.8. The highest BCUT2D eigenvalue weighted by Gasteiger charge is 2.56. The maximum absolute atomic E-state index is 12.8. The SMILES string of the molecule is FC(F)Cn1ncc2ncc(N3C[C@@H]4[C@@H](COc5ccnc(C(F)(F)F)c5)[C@@H]4C3)nc21. The van der Waals surface area contributed by atoms with Crippen molar-refractivity contribution < 1.29 is 26.7 Å². The lowest BCUT2D eigenvalue weighted by Gasteiger charge is -2.20. The fourth-order valence-corrected chi connectivity index (χ4v) is 4.19. The van der Waals surface area contributed by atoms with Crippen LogP contribution in [0.2, 0.25) is 0 Å². The highest BCUT2D eigenvalue weighted by atomic mass is 19.4. The molecule has 0 bridgehead atoms. The Hall–Kier alpha value is -3.05. The Morgan fingerprint density at radius 1 is 1.13 bits per heavy atom. The zero-order valence-electron chi connectivity index (χ0n) is 16.0. The molecule has 3 aromatic heterocycles. The summed E-state index contributed by atoms with van der Waals surface area (Å²) in [5.74, 6) is 1.67. The van der Waals surface area contributed by atoms with Crippen LogP contribution in [0.25, 0.3) is 11.2 Å². The summed E-state index contributed by atoms with van der Waals surface area (Å²) in [6.07, 6.45) is -2.96. The molecular formula is C19H17F5N6O. The van der Waals surface area contributed by atoms with E-state index in [-0.39, 0.29) is 11.7 Å². The molecule has 1 aliphatic heterocycles. The molecule has 1 aliphatic carbocycles. The molecule has 3 atom stereocenters. The van der Waals surface area contributed by atoms with Crippen LogP contribution in [0.3, 0.4) is 0 Å². The maximum Gasteiger partial charge on any atom is 0.433 e. The third-order valence-corrected chi connectivity index (χ3v) is 5.80. The standard InChI is InChI=1S/C19H17F5N6O/c20-16(21)8-30-18-14(4-27-30)26-5-17(28-18)29-6-11-12(7-29)13(11)9-31-10-1-2-25-15(3-10)19(22,23)24/h1-5,11-13,16H,6-9H2/t11-,12+,13+. The van der Waals surface area contributed by atoms with E-state index in [4.69, 9.17) is 4.74 Å². The molecule has 4 heterocycles. The molecule has 12 heteroatoms. The van der Waals surface area contributed by atoms with Gasteiger partial charge in [0.15, 0.2) is 5.65 Å². The molecule has 1 saturated heterocycles. The quantitative estimate of drug-likeness (QED) is 0.548. The highest BCUT2D eigenvalue weighted by molar-refractivity contribution is 5.71. The normalized spacial score (nSPS) is 22.9. The molecule has 7 nitrogen and oxygen atoms in total. The van der Waals surface area contributed by atoms with E-state index in [1.54, 1.807) is 6.20 Å². The number of hydrogen-bond donors (Lipinski definition) is 0. The van der Waals surface area contributed by atoms with Crippen molar-refractivity contribution >= 4 is 17.0 Å². The average molecular weight is 440 g/mol. The van der Waals surface area contributed by atoms with Gasteiger partial charge in [0.05, 0.1) is 19.0 Å². The molecule has 164 valence electrons. The Morgan fingerprint density at radius 3 is 2.61 bits per heavy atom. The number of piperidine rings is 1. The van der Waals surface area contributed by atoms with Gasteiger partial charge in [0.2, 0.25) is 0 Å². The predicted molar refractivity (Wildman–Crippen MR) is 98.7 cm³/mol. The predicted octanol–water partition coefficient (Wildman–Crippen LogP) is 3.27. The summed E-state index contributed by atoms with van der Waals surface area (Å²) in [4.78, 5) is 14.1. The van der Waals surface area contributed by atoms with E-state index in [9.17, 15) is 22.0 Å². The van der Waals surface area contributed by atoms with Gasteiger partial charge in [-0.2, -0.15) is 18.3 Å². The molecule has 2 fully saturated rings.